The Kier molecular flexibility index (Phi) is 6.75. The van der Waals surface area contributed by atoms with Gasteiger partial charge in [-0.15, -0.1) is 11.3 Å². The third kappa shape index (κ3) is 4.38. The van der Waals surface area contributed by atoms with Gasteiger partial charge in [0.05, 0.1) is 3.79 Å². The molecule has 1 rings (SSSR count). The molecule has 1 nitrogen and oxygen atoms in total. The van der Waals surface area contributed by atoms with Gasteiger partial charge in [-0.2, -0.15) is 0 Å². The lowest BCUT2D eigenvalue weighted by Gasteiger charge is -2.25. The highest BCUT2D eigenvalue weighted by Gasteiger charge is 2.21. The number of hydrogen-bond donors (Lipinski definition) is 1. The van der Waals surface area contributed by atoms with Gasteiger partial charge in [0.1, 0.15) is 0 Å². The number of aryl methyl sites for hydroxylation is 1. The van der Waals surface area contributed by atoms with Gasteiger partial charge in [-0.3, -0.25) is 0 Å². The molecule has 1 aromatic rings. The molecule has 0 fully saturated rings. The van der Waals surface area contributed by atoms with Crippen LogP contribution < -0.4 is 5.32 Å². The summed E-state index contributed by atoms with van der Waals surface area (Å²) in [6.07, 6.45) is 3.92. The fourth-order valence-corrected chi connectivity index (χ4v) is 4.05. The van der Waals surface area contributed by atoms with Crippen molar-refractivity contribution in [2.24, 2.45) is 5.92 Å². The predicted octanol–water partition coefficient (Wildman–Crippen LogP) is 5.30. The molecule has 98 valence electrons. The van der Waals surface area contributed by atoms with Crippen LogP contribution in [-0.4, -0.2) is 6.54 Å². The third-order valence-electron chi connectivity index (χ3n) is 3.27. The first-order valence-corrected chi connectivity index (χ1v) is 8.20. The second kappa shape index (κ2) is 7.55. The number of halogens is 1. The van der Waals surface area contributed by atoms with Crippen LogP contribution in [0.25, 0.3) is 0 Å². The average Bonchev–Trinajstić information content (AvgIpc) is 2.62. The molecule has 0 radical (unpaired) electrons. The number of hydrogen-bond acceptors (Lipinski definition) is 2. The summed E-state index contributed by atoms with van der Waals surface area (Å²) < 4.78 is 1.25. The molecule has 0 aliphatic rings. The molecule has 0 saturated carbocycles. The topological polar surface area (TPSA) is 12.0 Å². The fourth-order valence-electron chi connectivity index (χ4n) is 2.30. The zero-order chi connectivity index (χ0) is 12.8. The summed E-state index contributed by atoms with van der Waals surface area (Å²) in [6.45, 7) is 10.1. The Balaban J connectivity index is 2.80. The van der Waals surface area contributed by atoms with E-state index in [1.165, 1.54) is 33.5 Å². The van der Waals surface area contributed by atoms with E-state index >= 15 is 0 Å². The molecule has 0 spiro atoms. The maximum Gasteiger partial charge on any atom is 0.0704 e. The first-order chi connectivity index (χ1) is 8.10. The van der Waals surface area contributed by atoms with E-state index in [2.05, 4.69) is 55.0 Å². The molecule has 2 atom stereocenters. The molecule has 1 aromatic heterocycles. The van der Waals surface area contributed by atoms with Crippen molar-refractivity contribution in [2.45, 2.75) is 53.0 Å². The van der Waals surface area contributed by atoms with E-state index in [4.69, 9.17) is 0 Å². The molecule has 1 N–H and O–H groups in total. The SMILES string of the molecule is CCCCC(C)C(NCC)c1cc(Br)sc1C. The van der Waals surface area contributed by atoms with Crippen LogP contribution in [0.15, 0.2) is 9.85 Å². The van der Waals surface area contributed by atoms with Crippen molar-refractivity contribution in [3.05, 3.63) is 20.3 Å². The van der Waals surface area contributed by atoms with Gasteiger partial charge in [0.2, 0.25) is 0 Å². The van der Waals surface area contributed by atoms with E-state index < -0.39 is 0 Å². The summed E-state index contributed by atoms with van der Waals surface area (Å²) in [5.41, 5.74) is 1.48. The summed E-state index contributed by atoms with van der Waals surface area (Å²) >= 11 is 5.44. The van der Waals surface area contributed by atoms with Crippen LogP contribution in [0.4, 0.5) is 0 Å². The number of rotatable bonds is 7. The van der Waals surface area contributed by atoms with Crippen LogP contribution >= 0.6 is 27.3 Å². The fraction of sp³-hybridized carbons (Fsp3) is 0.714. The molecule has 0 aliphatic heterocycles. The molecule has 0 aromatic carbocycles. The van der Waals surface area contributed by atoms with E-state index in [0.29, 0.717) is 12.0 Å². The van der Waals surface area contributed by atoms with Crippen molar-refractivity contribution in [1.82, 2.24) is 5.32 Å². The maximum absolute atomic E-state index is 3.65. The van der Waals surface area contributed by atoms with Crippen molar-refractivity contribution in [1.29, 1.82) is 0 Å². The van der Waals surface area contributed by atoms with Gasteiger partial charge in [0.15, 0.2) is 0 Å². The van der Waals surface area contributed by atoms with E-state index in [1.807, 2.05) is 11.3 Å². The van der Waals surface area contributed by atoms with E-state index in [-0.39, 0.29) is 0 Å². The second-order valence-corrected chi connectivity index (χ2v) is 7.35. The smallest absolute Gasteiger partial charge is 0.0704 e. The van der Waals surface area contributed by atoms with Gasteiger partial charge in [0.25, 0.3) is 0 Å². The van der Waals surface area contributed by atoms with Crippen LogP contribution in [0.5, 0.6) is 0 Å². The first kappa shape index (κ1) is 15.2. The van der Waals surface area contributed by atoms with Gasteiger partial charge in [-0.1, -0.05) is 33.6 Å². The Hall–Kier alpha value is 0.140. The number of thiophene rings is 1. The summed E-state index contributed by atoms with van der Waals surface area (Å²) in [6, 6.07) is 2.80. The minimum atomic E-state index is 0.508. The summed E-state index contributed by atoms with van der Waals surface area (Å²) in [4.78, 5) is 1.44. The number of nitrogens with one attached hydrogen (secondary N) is 1. The van der Waals surface area contributed by atoms with Crippen molar-refractivity contribution in [2.75, 3.05) is 6.54 Å². The van der Waals surface area contributed by atoms with Crippen LogP contribution in [0.3, 0.4) is 0 Å². The number of unbranched alkanes of at least 4 members (excludes halogenated alkanes) is 1. The molecule has 3 heteroatoms. The second-order valence-electron chi connectivity index (χ2n) is 4.72. The summed E-state index contributed by atoms with van der Waals surface area (Å²) in [5, 5.41) is 3.65. The molecule has 0 saturated heterocycles. The van der Waals surface area contributed by atoms with E-state index in [1.54, 1.807) is 0 Å². The van der Waals surface area contributed by atoms with E-state index in [9.17, 15) is 0 Å². The molecule has 0 amide bonds. The Morgan fingerprint density at radius 1 is 1.41 bits per heavy atom. The quantitative estimate of drug-likeness (QED) is 0.720. The van der Waals surface area contributed by atoms with Crippen LogP contribution in [0, 0.1) is 12.8 Å². The van der Waals surface area contributed by atoms with Crippen molar-refractivity contribution in [3.63, 3.8) is 0 Å². The monoisotopic (exact) mass is 317 g/mol. The van der Waals surface area contributed by atoms with Gasteiger partial charge in [-0.05, 0) is 53.4 Å². The van der Waals surface area contributed by atoms with Crippen LogP contribution in [0.1, 0.15) is 56.5 Å². The first-order valence-electron chi connectivity index (χ1n) is 6.59. The summed E-state index contributed by atoms with van der Waals surface area (Å²) in [7, 11) is 0. The molecule has 0 aliphatic carbocycles. The highest BCUT2D eigenvalue weighted by atomic mass is 79.9. The standard InChI is InChI=1S/C14H24BrNS/c1-5-7-8-10(3)14(16-6-2)12-9-13(15)17-11(12)4/h9-10,14,16H,5-8H2,1-4H3. The zero-order valence-corrected chi connectivity index (χ0v) is 13.7. The van der Waals surface area contributed by atoms with Gasteiger partial charge >= 0.3 is 0 Å². The molecule has 17 heavy (non-hydrogen) atoms. The minimum Gasteiger partial charge on any atom is -0.310 e. The van der Waals surface area contributed by atoms with E-state index in [0.717, 1.165) is 6.54 Å². The normalized spacial score (nSPS) is 14.9. The Labute approximate surface area is 118 Å². The van der Waals surface area contributed by atoms with Crippen LogP contribution in [0.2, 0.25) is 0 Å². The highest BCUT2D eigenvalue weighted by Crippen LogP contribution is 2.35. The Morgan fingerprint density at radius 2 is 2.12 bits per heavy atom. The average molecular weight is 318 g/mol. The van der Waals surface area contributed by atoms with Crippen molar-refractivity contribution in [3.8, 4) is 0 Å². The van der Waals surface area contributed by atoms with Crippen molar-refractivity contribution < 1.29 is 0 Å². The van der Waals surface area contributed by atoms with Gasteiger partial charge in [0, 0.05) is 10.9 Å². The highest BCUT2D eigenvalue weighted by molar-refractivity contribution is 9.11. The Morgan fingerprint density at radius 3 is 2.59 bits per heavy atom. The summed E-state index contributed by atoms with van der Waals surface area (Å²) in [5.74, 6) is 0.704. The van der Waals surface area contributed by atoms with Crippen molar-refractivity contribution >= 4 is 27.3 Å². The molecular weight excluding hydrogens is 294 g/mol. The molecule has 0 bridgehead atoms. The molecular formula is C14H24BrNS. The zero-order valence-electron chi connectivity index (χ0n) is 11.3. The Bertz CT molecular complexity index is 335. The maximum atomic E-state index is 3.65. The molecule has 2 unspecified atom stereocenters. The van der Waals surface area contributed by atoms with Gasteiger partial charge in [-0.25, -0.2) is 0 Å². The largest absolute Gasteiger partial charge is 0.310 e. The molecule has 1 heterocycles. The third-order valence-corrected chi connectivity index (χ3v) is 4.84. The lowest BCUT2D eigenvalue weighted by molar-refractivity contribution is 0.363. The van der Waals surface area contributed by atoms with Crippen LogP contribution in [-0.2, 0) is 0 Å². The lowest BCUT2D eigenvalue weighted by atomic mass is 9.90. The predicted molar refractivity (Wildman–Crippen MR) is 81.9 cm³/mol. The van der Waals surface area contributed by atoms with Gasteiger partial charge < -0.3 is 5.32 Å². The lowest BCUT2D eigenvalue weighted by Crippen LogP contribution is -2.27. The minimum absolute atomic E-state index is 0.508.